The normalized spacial score (nSPS) is 16.6. The highest BCUT2D eigenvalue weighted by atomic mass is 19.1. The van der Waals surface area contributed by atoms with Crippen molar-refractivity contribution in [1.29, 1.82) is 0 Å². The molecule has 0 spiro atoms. The van der Waals surface area contributed by atoms with Gasteiger partial charge in [-0.25, -0.2) is 13.8 Å². The third-order valence-corrected chi connectivity index (χ3v) is 7.77. The van der Waals surface area contributed by atoms with Gasteiger partial charge in [-0.1, -0.05) is 36.9 Å². The second-order valence-electron chi connectivity index (χ2n) is 11.4. The van der Waals surface area contributed by atoms with E-state index in [0.29, 0.717) is 47.9 Å². The number of hydrogen-bond acceptors (Lipinski definition) is 5. The molecule has 3 heterocycles. The number of nitrogens with zero attached hydrogens (tertiary/aromatic N) is 2. The Morgan fingerprint density at radius 3 is 2.50 bits per heavy atom. The van der Waals surface area contributed by atoms with E-state index in [1.165, 1.54) is 19.1 Å². The van der Waals surface area contributed by atoms with Crippen molar-refractivity contribution in [3.8, 4) is 22.3 Å². The Bertz CT molecular complexity index is 1860. The van der Waals surface area contributed by atoms with E-state index in [-0.39, 0.29) is 18.3 Å². The van der Waals surface area contributed by atoms with Gasteiger partial charge in [-0.3, -0.25) is 4.79 Å². The molecule has 0 saturated carbocycles. The molecular weight excluding hydrogens is 558 g/mol. The van der Waals surface area contributed by atoms with Crippen molar-refractivity contribution in [2.45, 2.75) is 25.6 Å². The number of fused-ring (bicyclic) bond motifs is 1. The van der Waals surface area contributed by atoms with Crippen LogP contribution in [-0.4, -0.2) is 34.5 Å². The van der Waals surface area contributed by atoms with Gasteiger partial charge in [0, 0.05) is 41.4 Å². The first-order valence-electron chi connectivity index (χ1n) is 14.4. The molecule has 6 nitrogen and oxygen atoms in total. The Hall–Kier alpha value is -5.24. The van der Waals surface area contributed by atoms with Gasteiger partial charge in [0.1, 0.15) is 28.6 Å². The van der Waals surface area contributed by atoms with Gasteiger partial charge in [0.05, 0.1) is 13.1 Å². The van der Waals surface area contributed by atoms with Crippen LogP contribution in [0, 0.1) is 5.82 Å². The quantitative estimate of drug-likeness (QED) is 0.180. The van der Waals surface area contributed by atoms with E-state index in [1.54, 1.807) is 41.4 Å². The van der Waals surface area contributed by atoms with Crippen LogP contribution in [0.3, 0.4) is 0 Å². The lowest BCUT2D eigenvalue weighted by Gasteiger charge is -2.17. The molecule has 44 heavy (non-hydrogen) atoms. The summed E-state index contributed by atoms with van der Waals surface area (Å²) >= 11 is 0. The number of allylic oxidation sites excluding steroid dienone is 1. The number of furan rings is 1. The number of benzene rings is 3. The number of nitrogens with one attached hydrogen (secondary N) is 1. The zero-order valence-corrected chi connectivity index (χ0v) is 24.3. The number of carbonyl (C=O) groups excluding carboxylic acids is 1. The van der Waals surface area contributed by atoms with Crippen molar-refractivity contribution in [1.82, 2.24) is 15.2 Å². The van der Waals surface area contributed by atoms with Gasteiger partial charge in [0.25, 0.3) is 5.91 Å². The molecule has 1 unspecified atom stereocenters. The van der Waals surface area contributed by atoms with E-state index in [1.807, 2.05) is 48.6 Å². The minimum absolute atomic E-state index is 0.104. The van der Waals surface area contributed by atoms with E-state index in [9.17, 15) is 13.6 Å². The summed E-state index contributed by atoms with van der Waals surface area (Å²) in [7, 11) is 0. The van der Waals surface area contributed by atoms with Gasteiger partial charge in [0.2, 0.25) is 0 Å². The zero-order valence-electron chi connectivity index (χ0n) is 24.3. The number of alkyl halides is 1. The Kier molecular flexibility index (Phi) is 7.74. The lowest BCUT2D eigenvalue weighted by Crippen LogP contribution is -2.31. The number of carbonyl (C=O) groups is 1. The summed E-state index contributed by atoms with van der Waals surface area (Å²) < 4.78 is 34.4. The Labute approximate surface area is 254 Å². The maximum Gasteiger partial charge on any atom is 0.253 e. The van der Waals surface area contributed by atoms with Crippen LogP contribution in [0.1, 0.15) is 35.0 Å². The molecule has 1 atom stereocenters. The smallest absolute Gasteiger partial charge is 0.253 e. The summed E-state index contributed by atoms with van der Waals surface area (Å²) in [6.07, 6.45) is 5.78. The predicted octanol–water partition coefficient (Wildman–Crippen LogP) is 7.77. The van der Waals surface area contributed by atoms with E-state index < -0.39 is 5.67 Å². The predicted molar refractivity (Wildman–Crippen MR) is 171 cm³/mol. The number of likely N-dealkylation sites (tertiary alicyclic amines) is 1. The van der Waals surface area contributed by atoms with E-state index >= 15 is 0 Å². The van der Waals surface area contributed by atoms with Gasteiger partial charge < -0.3 is 20.4 Å². The number of rotatable bonds is 8. The van der Waals surface area contributed by atoms with Crippen LogP contribution in [0.4, 0.5) is 14.6 Å². The molecule has 6 rings (SSSR count). The van der Waals surface area contributed by atoms with Gasteiger partial charge in [-0.2, -0.15) is 0 Å². The molecule has 0 radical (unpaired) electrons. The molecule has 1 aliphatic rings. The molecule has 1 fully saturated rings. The van der Waals surface area contributed by atoms with Crippen molar-refractivity contribution in [3.63, 3.8) is 0 Å². The molecule has 3 aromatic carbocycles. The number of halogens is 2. The number of aromatic nitrogens is 1. The topological polar surface area (TPSA) is 84.4 Å². The van der Waals surface area contributed by atoms with E-state index in [2.05, 4.69) is 16.9 Å². The van der Waals surface area contributed by atoms with Crippen molar-refractivity contribution >= 4 is 28.8 Å². The molecule has 1 aliphatic heterocycles. The Morgan fingerprint density at radius 2 is 1.82 bits per heavy atom. The standard InChI is InChI=1S/C36H32F2N4O2/c1-23(3-4-24-5-14-33(39)41-20-24)40-21-31-18-29-17-28(19-32(34(29)44-31)26-10-12-30(37)13-11-26)25-6-8-27(9-7-25)35(43)42-16-15-36(2,38)22-42/h3-14,17-20,40H,1,15-16,21-22H2,2H3,(H2,39,41)/b4-3+. The summed E-state index contributed by atoms with van der Waals surface area (Å²) in [5.41, 5.74) is 10.5. The first-order chi connectivity index (χ1) is 21.1. The maximum absolute atomic E-state index is 14.3. The maximum atomic E-state index is 14.3. The molecule has 0 bridgehead atoms. The van der Waals surface area contributed by atoms with Crippen LogP contribution in [0.15, 0.2) is 108 Å². The first-order valence-corrected chi connectivity index (χ1v) is 14.4. The lowest BCUT2D eigenvalue weighted by molar-refractivity contribution is 0.0760. The van der Waals surface area contributed by atoms with Crippen LogP contribution < -0.4 is 11.1 Å². The molecule has 8 heteroatoms. The van der Waals surface area contributed by atoms with Crippen LogP contribution in [0.5, 0.6) is 0 Å². The van der Waals surface area contributed by atoms with Crippen molar-refractivity contribution in [2.75, 3.05) is 18.8 Å². The minimum atomic E-state index is -1.35. The lowest BCUT2D eigenvalue weighted by atomic mass is 9.96. The third-order valence-electron chi connectivity index (χ3n) is 7.77. The second kappa shape index (κ2) is 11.8. The van der Waals surface area contributed by atoms with E-state index in [0.717, 1.165) is 33.2 Å². The summed E-state index contributed by atoms with van der Waals surface area (Å²) in [5.74, 6) is 0.673. The van der Waals surface area contributed by atoms with Gasteiger partial charge in [0.15, 0.2) is 0 Å². The summed E-state index contributed by atoms with van der Waals surface area (Å²) in [5, 5.41) is 4.15. The number of amides is 1. The molecule has 0 aliphatic carbocycles. The molecule has 222 valence electrons. The summed E-state index contributed by atoms with van der Waals surface area (Å²) in [6.45, 7) is 6.52. The van der Waals surface area contributed by atoms with Crippen molar-refractivity contribution in [3.05, 3.63) is 126 Å². The van der Waals surface area contributed by atoms with Gasteiger partial charge in [-0.05, 0) is 89.9 Å². The van der Waals surface area contributed by atoms with Crippen molar-refractivity contribution in [2.24, 2.45) is 0 Å². The summed E-state index contributed by atoms with van der Waals surface area (Å²) in [4.78, 5) is 18.6. The Balaban J connectivity index is 1.26. The molecule has 1 amide bonds. The third kappa shape index (κ3) is 6.39. The average Bonchev–Trinajstić information content (AvgIpc) is 3.61. The number of nitrogen functional groups attached to an aromatic ring is 1. The van der Waals surface area contributed by atoms with Crippen LogP contribution in [0.25, 0.3) is 39.3 Å². The number of hydrogen-bond donors (Lipinski definition) is 2. The second-order valence-corrected chi connectivity index (χ2v) is 11.4. The number of nitrogens with two attached hydrogens (primary N) is 1. The molecule has 5 aromatic rings. The van der Waals surface area contributed by atoms with Gasteiger partial charge >= 0.3 is 0 Å². The largest absolute Gasteiger partial charge is 0.459 e. The number of pyridine rings is 1. The minimum Gasteiger partial charge on any atom is -0.459 e. The molecule has 1 saturated heterocycles. The molecule has 2 aromatic heterocycles. The van der Waals surface area contributed by atoms with E-state index in [4.69, 9.17) is 10.2 Å². The average molecular weight is 591 g/mol. The first kappa shape index (κ1) is 28.9. The Morgan fingerprint density at radius 1 is 1.07 bits per heavy atom. The fourth-order valence-corrected chi connectivity index (χ4v) is 5.36. The molecule has 3 N–H and O–H groups in total. The molecular formula is C36H32F2N4O2. The summed E-state index contributed by atoms with van der Waals surface area (Å²) in [6, 6.07) is 23.3. The highest BCUT2D eigenvalue weighted by Crippen LogP contribution is 2.36. The van der Waals surface area contributed by atoms with Crippen LogP contribution in [0.2, 0.25) is 0 Å². The fraction of sp³-hybridized carbons (Fsp3) is 0.167. The monoisotopic (exact) mass is 590 g/mol. The fourth-order valence-electron chi connectivity index (χ4n) is 5.36. The zero-order chi connectivity index (χ0) is 30.8. The van der Waals surface area contributed by atoms with Gasteiger partial charge in [-0.15, -0.1) is 0 Å². The van der Waals surface area contributed by atoms with Crippen molar-refractivity contribution < 1.29 is 18.0 Å². The highest BCUT2D eigenvalue weighted by molar-refractivity contribution is 5.98. The SMILES string of the molecule is C=C(/C=C/c1ccc(N)nc1)NCc1cc2cc(-c3ccc(C(=O)N4CCC(C)(F)C4)cc3)cc(-c3ccc(F)cc3)c2o1. The number of anilines is 1. The van der Waals surface area contributed by atoms with Crippen LogP contribution >= 0.6 is 0 Å². The highest BCUT2D eigenvalue weighted by Gasteiger charge is 2.36. The van der Waals surface area contributed by atoms with Crippen LogP contribution in [-0.2, 0) is 6.54 Å².